The van der Waals surface area contributed by atoms with Crippen LogP contribution in [-0.4, -0.2) is 12.9 Å². The molecule has 0 saturated heterocycles. The average molecular weight is 238 g/mol. The largest absolute Gasteiger partial charge is 0.126 e. The van der Waals surface area contributed by atoms with Gasteiger partial charge in [-0.2, -0.15) is 0 Å². The molecule has 0 bridgehead atoms. The molecule has 1 rings (SSSR count). The van der Waals surface area contributed by atoms with Gasteiger partial charge in [0.2, 0.25) is 0 Å². The fraction of sp³-hybridized carbons (Fsp3) is 0.538. The van der Waals surface area contributed by atoms with Crippen molar-refractivity contribution >= 4 is 19.8 Å². The molecule has 1 aromatic rings. The molecule has 0 amide bonds. The summed E-state index contributed by atoms with van der Waals surface area (Å²) in [6.45, 7) is 12.1. The van der Waals surface area contributed by atoms with E-state index in [0.29, 0.717) is 0 Å². The Hall–Kier alpha value is -0.213. The second-order valence-electron chi connectivity index (χ2n) is 5.46. The van der Waals surface area contributed by atoms with Crippen LogP contribution in [0.4, 0.5) is 0 Å². The smallest absolute Gasteiger partial charge is 0.0595 e. The zero-order valence-electron chi connectivity index (χ0n) is 10.4. The summed E-state index contributed by atoms with van der Waals surface area (Å²) in [5.41, 5.74) is 0. The molecule has 0 aliphatic heterocycles. The molecule has 84 valence electrons. The minimum atomic E-state index is -1.07. The number of hydrogen-bond donors (Lipinski definition) is 0. The first-order valence-corrected chi connectivity index (χ1v) is 10.1. The van der Waals surface area contributed by atoms with Crippen molar-refractivity contribution in [2.24, 2.45) is 5.92 Å². The Morgan fingerprint density at radius 1 is 1.00 bits per heavy atom. The van der Waals surface area contributed by atoms with E-state index in [0.717, 1.165) is 10.8 Å². The zero-order chi connectivity index (χ0) is 11.5. The van der Waals surface area contributed by atoms with Crippen LogP contribution >= 0.6 is 11.8 Å². The van der Waals surface area contributed by atoms with Crippen LogP contribution in [0.25, 0.3) is 0 Å². The molecule has 0 radical (unpaired) electrons. The van der Waals surface area contributed by atoms with Gasteiger partial charge in [-0.1, -0.05) is 51.7 Å². The van der Waals surface area contributed by atoms with Crippen molar-refractivity contribution in [1.82, 2.24) is 0 Å². The highest BCUT2D eigenvalue weighted by Crippen LogP contribution is 2.34. The summed E-state index contributed by atoms with van der Waals surface area (Å²) in [5, 5.41) is 0. The van der Waals surface area contributed by atoms with Gasteiger partial charge >= 0.3 is 0 Å². The fourth-order valence-corrected chi connectivity index (χ4v) is 6.66. The van der Waals surface area contributed by atoms with Crippen LogP contribution in [0.2, 0.25) is 19.6 Å². The molecule has 2 heteroatoms. The summed E-state index contributed by atoms with van der Waals surface area (Å²) in [7, 11) is -1.07. The minimum Gasteiger partial charge on any atom is -0.126 e. The Morgan fingerprint density at radius 3 is 1.93 bits per heavy atom. The molecule has 0 heterocycles. The van der Waals surface area contributed by atoms with Crippen molar-refractivity contribution in [2.45, 2.75) is 43.3 Å². The predicted molar refractivity (Wildman–Crippen MR) is 74.3 cm³/mol. The number of thioether (sulfide) groups is 1. The van der Waals surface area contributed by atoms with Crippen molar-refractivity contribution in [1.29, 1.82) is 0 Å². The molecule has 1 atom stereocenters. The Balaban J connectivity index is 2.77. The third-order valence-corrected chi connectivity index (χ3v) is 8.66. The first kappa shape index (κ1) is 12.9. The van der Waals surface area contributed by atoms with E-state index in [2.05, 4.69) is 75.6 Å². The van der Waals surface area contributed by atoms with Gasteiger partial charge in [-0.15, -0.1) is 11.8 Å². The van der Waals surface area contributed by atoms with Gasteiger partial charge in [-0.05, 0) is 18.1 Å². The third-order valence-electron chi connectivity index (χ3n) is 2.47. The van der Waals surface area contributed by atoms with Crippen molar-refractivity contribution in [2.75, 3.05) is 0 Å². The van der Waals surface area contributed by atoms with E-state index in [9.17, 15) is 0 Å². The number of rotatable bonds is 4. The predicted octanol–water partition coefficient (Wildman–Crippen LogP) is 4.68. The van der Waals surface area contributed by atoms with Crippen LogP contribution in [0.1, 0.15) is 13.8 Å². The maximum Gasteiger partial charge on any atom is 0.0595 e. The van der Waals surface area contributed by atoms with Crippen LogP contribution in [0.15, 0.2) is 35.2 Å². The van der Waals surface area contributed by atoms with E-state index in [-0.39, 0.29) is 0 Å². The van der Waals surface area contributed by atoms with Gasteiger partial charge in [-0.25, -0.2) is 0 Å². The van der Waals surface area contributed by atoms with Gasteiger partial charge in [0.1, 0.15) is 0 Å². The SMILES string of the molecule is CC(C)C(Sc1ccccc1)[Si](C)(C)C. The molecule has 0 fully saturated rings. The van der Waals surface area contributed by atoms with Crippen LogP contribution in [0.5, 0.6) is 0 Å². The first-order valence-electron chi connectivity index (χ1n) is 5.63. The molecule has 0 aromatic heterocycles. The van der Waals surface area contributed by atoms with Gasteiger partial charge in [0.15, 0.2) is 0 Å². The molecule has 0 nitrogen and oxygen atoms in total. The maximum atomic E-state index is 2.47. The summed E-state index contributed by atoms with van der Waals surface area (Å²) >= 11 is 2.07. The van der Waals surface area contributed by atoms with Crippen LogP contribution in [0, 0.1) is 5.92 Å². The van der Waals surface area contributed by atoms with Gasteiger partial charge in [0.25, 0.3) is 0 Å². The normalized spacial score (nSPS) is 14.3. The fourth-order valence-electron chi connectivity index (χ4n) is 1.96. The monoisotopic (exact) mass is 238 g/mol. The molecule has 1 unspecified atom stereocenters. The van der Waals surface area contributed by atoms with Crippen molar-refractivity contribution in [3.63, 3.8) is 0 Å². The highest BCUT2D eigenvalue weighted by molar-refractivity contribution is 8.01. The topological polar surface area (TPSA) is 0 Å². The summed E-state index contributed by atoms with van der Waals surface area (Å²) in [5.74, 6) is 0.766. The Kier molecular flexibility index (Phi) is 4.47. The van der Waals surface area contributed by atoms with Crippen molar-refractivity contribution in [3.8, 4) is 0 Å². The second kappa shape index (κ2) is 5.22. The first-order chi connectivity index (χ1) is 6.91. The molecule has 0 aliphatic carbocycles. The van der Waals surface area contributed by atoms with E-state index in [1.807, 2.05) is 0 Å². The molecule has 0 spiro atoms. The highest BCUT2D eigenvalue weighted by atomic mass is 32.2. The molecular weight excluding hydrogens is 216 g/mol. The Morgan fingerprint density at radius 2 is 1.53 bits per heavy atom. The minimum absolute atomic E-state index is 0.766. The second-order valence-corrected chi connectivity index (χ2v) is 12.4. The van der Waals surface area contributed by atoms with Crippen LogP contribution in [0.3, 0.4) is 0 Å². The van der Waals surface area contributed by atoms with Gasteiger partial charge in [0.05, 0.1) is 8.07 Å². The van der Waals surface area contributed by atoms with Gasteiger partial charge in [0, 0.05) is 9.77 Å². The Bertz CT molecular complexity index is 287. The number of benzene rings is 1. The van der Waals surface area contributed by atoms with E-state index in [1.165, 1.54) is 4.90 Å². The van der Waals surface area contributed by atoms with Crippen molar-refractivity contribution in [3.05, 3.63) is 30.3 Å². The highest BCUT2D eigenvalue weighted by Gasteiger charge is 2.29. The van der Waals surface area contributed by atoms with Crippen LogP contribution < -0.4 is 0 Å². The summed E-state index contributed by atoms with van der Waals surface area (Å²) < 4.78 is 0. The van der Waals surface area contributed by atoms with E-state index in [1.54, 1.807) is 0 Å². The van der Waals surface area contributed by atoms with Gasteiger partial charge in [-0.3, -0.25) is 0 Å². The lowest BCUT2D eigenvalue weighted by Crippen LogP contribution is -2.39. The summed E-state index contributed by atoms with van der Waals surface area (Å²) in [4.78, 5) is 2.22. The maximum absolute atomic E-state index is 2.47. The van der Waals surface area contributed by atoms with E-state index in [4.69, 9.17) is 0 Å². The standard InChI is InChI=1S/C13H22SSi/c1-11(2)13(15(3,4)5)14-12-9-7-6-8-10-12/h6-11,13H,1-5H3. The van der Waals surface area contributed by atoms with Crippen LogP contribution in [-0.2, 0) is 0 Å². The Labute approximate surface area is 99.5 Å². The lowest BCUT2D eigenvalue weighted by molar-refractivity contribution is 0.698. The average Bonchev–Trinajstić information content (AvgIpc) is 2.13. The summed E-state index contributed by atoms with van der Waals surface area (Å²) in [6.07, 6.45) is 0. The molecule has 15 heavy (non-hydrogen) atoms. The molecule has 0 aliphatic rings. The zero-order valence-corrected chi connectivity index (χ0v) is 12.3. The van der Waals surface area contributed by atoms with E-state index < -0.39 is 8.07 Å². The molecule has 0 saturated carbocycles. The number of hydrogen-bond acceptors (Lipinski definition) is 1. The van der Waals surface area contributed by atoms with Crippen molar-refractivity contribution < 1.29 is 0 Å². The molecular formula is C13H22SSi. The quantitative estimate of drug-likeness (QED) is 0.542. The van der Waals surface area contributed by atoms with Gasteiger partial charge < -0.3 is 0 Å². The lowest BCUT2D eigenvalue weighted by Gasteiger charge is -2.31. The molecule has 0 N–H and O–H groups in total. The summed E-state index contributed by atoms with van der Waals surface area (Å²) in [6, 6.07) is 10.8. The third kappa shape index (κ3) is 4.04. The lowest BCUT2D eigenvalue weighted by atomic mass is 10.3. The molecule has 1 aromatic carbocycles. The van der Waals surface area contributed by atoms with E-state index >= 15 is 0 Å².